The van der Waals surface area contributed by atoms with Crippen LogP contribution >= 0.6 is 0 Å². The fraction of sp³-hybridized carbons (Fsp3) is 0.333. The highest BCUT2D eigenvalue weighted by molar-refractivity contribution is 5.26. The zero-order valence-corrected chi connectivity index (χ0v) is 5.09. The molecule has 0 heterocycles. The van der Waals surface area contributed by atoms with Crippen molar-refractivity contribution in [3.63, 3.8) is 0 Å². The second-order valence-electron chi connectivity index (χ2n) is 2.12. The SMILES string of the molecule is NC1=C(N)CCC(O)=C1. The van der Waals surface area contributed by atoms with Gasteiger partial charge in [-0.25, -0.2) is 0 Å². The van der Waals surface area contributed by atoms with Gasteiger partial charge in [-0.1, -0.05) is 0 Å². The summed E-state index contributed by atoms with van der Waals surface area (Å²) >= 11 is 0. The third-order valence-electron chi connectivity index (χ3n) is 1.34. The van der Waals surface area contributed by atoms with E-state index in [0.717, 1.165) is 0 Å². The zero-order valence-electron chi connectivity index (χ0n) is 5.09. The molecule has 0 fully saturated rings. The van der Waals surface area contributed by atoms with E-state index in [9.17, 15) is 0 Å². The average Bonchev–Trinajstić information content (AvgIpc) is 1.80. The molecule has 50 valence electrons. The van der Waals surface area contributed by atoms with Crippen LogP contribution < -0.4 is 11.5 Å². The lowest BCUT2D eigenvalue weighted by atomic mass is 10.1. The highest BCUT2D eigenvalue weighted by Crippen LogP contribution is 2.14. The van der Waals surface area contributed by atoms with E-state index in [1.54, 1.807) is 0 Å². The molecule has 0 aliphatic heterocycles. The first kappa shape index (κ1) is 6.01. The molecule has 0 bridgehead atoms. The van der Waals surface area contributed by atoms with Crippen LogP contribution in [0.4, 0.5) is 0 Å². The van der Waals surface area contributed by atoms with Gasteiger partial charge in [-0.15, -0.1) is 0 Å². The van der Waals surface area contributed by atoms with Crippen molar-refractivity contribution in [3.8, 4) is 0 Å². The summed E-state index contributed by atoms with van der Waals surface area (Å²) in [4.78, 5) is 0. The molecule has 0 saturated carbocycles. The van der Waals surface area contributed by atoms with Gasteiger partial charge in [0.15, 0.2) is 0 Å². The Hall–Kier alpha value is -1.12. The van der Waals surface area contributed by atoms with Gasteiger partial charge in [-0.3, -0.25) is 0 Å². The Balaban J connectivity index is 2.83. The molecule has 0 aromatic heterocycles. The molecule has 0 aromatic rings. The first-order chi connectivity index (χ1) is 4.20. The average molecular weight is 126 g/mol. The standard InChI is InChI=1S/C6H10N2O/c7-5-2-1-4(9)3-6(5)8/h3,9H,1-2,7-8H2. The van der Waals surface area contributed by atoms with Gasteiger partial charge in [0.25, 0.3) is 0 Å². The number of hydrogen-bond acceptors (Lipinski definition) is 3. The zero-order chi connectivity index (χ0) is 6.85. The Morgan fingerprint density at radius 1 is 1.33 bits per heavy atom. The van der Waals surface area contributed by atoms with Crippen LogP contribution in [0, 0.1) is 0 Å². The van der Waals surface area contributed by atoms with E-state index < -0.39 is 0 Å². The van der Waals surface area contributed by atoms with Crippen molar-refractivity contribution in [1.82, 2.24) is 0 Å². The molecule has 0 radical (unpaired) electrons. The van der Waals surface area contributed by atoms with Crippen LogP contribution in [0.5, 0.6) is 0 Å². The van der Waals surface area contributed by atoms with Crippen LogP contribution in [0.25, 0.3) is 0 Å². The lowest BCUT2D eigenvalue weighted by molar-refractivity contribution is 0.384. The first-order valence-corrected chi connectivity index (χ1v) is 2.84. The minimum atomic E-state index is 0.321. The van der Waals surface area contributed by atoms with Gasteiger partial charge in [0, 0.05) is 18.2 Å². The number of rotatable bonds is 0. The van der Waals surface area contributed by atoms with Crippen LogP contribution in [0.1, 0.15) is 12.8 Å². The summed E-state index contributed by atoms with van der Waals surface area (Å²) in [5.74, 6) is 0.321. The maximum Gasteiger partial charge on any atom is 0.0947 e. The van der Waals surface area contributed by atoms with E-state index in [1.165, 1.54) is 6.08 Å². The molecule has 9 heavy (non-hydrogen) atoms. The Morgan fingerprint density at radius 3 is 2.44 bits per heavy atom. The molecule has 1 aliphatic rings. The first-order valence-electron chi connectivity index (χ1n) is 2.84. The molecule has 3 heteroatoms. The monoisotopic (exact) mass is 126 g/mol. The van der Waals surface area contributed by atoms with E-state index in [-0.39, 0.29) is 0 Å². The number of hydrogen-bond donors (Lipinski definition) is 3. The lowest BCUT2D eigenvalue weighted by Crippen LogP contribution is -2.12. The molecule has 5 N–H and O–H groups in total. The van der Waals surface area contributed by atoms with Crippen LogP contribution in [-0.2, 0) is 0 Å². The highest BCUT2D eigenvalue weighted by Gasteiger charge is 2.05. The second kappa shape index (κ2) is 2.01. The summed E-state index contributed by atoms with van der Waals surface area (Å²) in [6.45, 7) is 0. The topological polar surface area (TPSA) is 72.3 Å². The van der Waals surface area contributed by atoms with Crippen molar-refractivity contribution >= 4 is 0 Å². The lowest BCUT2D eigenvalue weighted by Gasteiger charge is -2.09. The third-order valence-corrected chi connectivity index (χ3v) is 1.34. The normalized spacial score (nSPS) is 19.8. The van der Waals surface area contributed by atoms with Gasteiger partial charge in [0.1, 0.15) is 0 Å². The molecule has 1 rings (SSSR count). The molecule has 0 saturated heterocycles. The summed E-state index contributed by atoms with van der Waals surface area (Å²) in [7, 11) is 0. The Labute approximate surface area is 53.7 Å². The predicted octanol–water partition coefficient (Wildman–Crippen LogP) is 0.351. The molecule has 0 spiro atoms. The number of aliphatic hydroxyl groups excluding tert-OH is 1. The second-order valence-corrected chi connectivity index (χ2v) is 2.12. The van der Waals surface area contributed by atoms with Crippen molar-refractivity contribution < 1.29 is 5.11 Å². The van der Waals surface area contributed by atoms with Gasteiger partial charge < -0.3 is 16.6 Å². The van der Waals surface area contributed by atoms with Crippen molar-refractivity contribution in [1.29, 1.82) is 0 Å². The molecule has 0 aromatic carbocycles. The summed E-state index contributed by atoms with van der Waals surface area (Å²) in [5.41, 5.74) is 12.0. The fourth-order valence-electron chi connectivity index (χ4n) is 0.751. The highest BCUT2D eigenvalue weighted by atomic mass is 16.3. The van der Waals surface area contributed by atoms with Crippen LogP contribution in [0.3, 0.4) is 0 Å². The van der Waals surface area contributed by atoms with Crippen LogP contribution in [-0.4, -0.2) is 5.11 Å². The Bertz CT molecular complexity index is 181. The molecular formula is C6H10N2O. The summed E-state index contributed by atoms with van der Waals surface area (Å²) in [6.07, 6.45) is 2.79. The summed E-state index contributed by atoms with van der Waals surface area (Å²) in [5, 5.41) is 8.89. The number of nitrogens with two attached hydrogens (primary N) is 2. The minimum Gasteiger partial charge on any atom is -0.512 e. The summed E-state index contributed by atoms with van der Waals surface area (Å²) in [6, 6.07) is 0. The van der Waals surface area contributed by atoms with E-state index in [1.807, 2.05) is 0 Å². The van der Waals surface area contributed by atoms with Crippen LogP contribution in [0.2, 0.25) is 0 Å². The van der Waals surface area contributed by atoms with Gasteiger partial charge >= 0.3 is 0 Å². The predicted molar refractivity (Wildman–Crippen MR) is 35.3 cm³/mol. The molecule has 3 nitrogen and oxygen atoms in total. The van der Waals surface area contributed by atoms with Crippen molar-refractivity contribution in [2.45, 2.75) is 12.8 Å². The quantitative estimate of drug-likeness (QED) is 0.438. The molecule has 0 atom stereocenters. The number of aliphatic hydroxyl groups is 1. The minimum absolute atomic E-state index is 0.321. The molecule has 0 unspecified atom stereocenters. The van der Waals surface area contributed by atoms with E-state index in [2.05, 4.69) is 0 Å². The largest absolute Gasteiger partial charge is 0.512 e. The van der Waals surface area contributed by atoms with Crippen molar-refractivity contribution in [3.05, 3.63) is 23.2 Å². The smallest absolute Gasteiger partial charge is 0.0947 e. The maximum absolute atomic E-state index is 8.89. The molecule has 1 aliphatic carbocycles. The Morgan fingerprint density at radius 2 is 2.00 bits per heavy atom. The van der Waals surface area contributed by atoms with E-state index >= 15 is 0 Å². The van der Waals surface area contributed by atoms with Gasteiger partial charge in [0.05, 0.1) is 11.5 Å². The third kappa shape index (κ3) is 1.16. The maximum atomic E-state index is 8.89. The molecule has 0 amide bonds. The molecular weight excluding hydrogens is 116 g/mol. The fourth-order valence-corrected chi connectivity index (χ4v) is 0.751. The summed E-state index contributed by atoms with van der Waals surface area (Å²) < 4.78 is 0. The Kier molecular flexibility index (Phi) is 1.34. The van der Waals surface area contributed by atoms with Crippen LogP contribution in [0.15, 0.2) is 23.2 Å². The van der Waals surface area contributed by atoms with Crippen molar-refractivity contribution in [2.24, 2.45) is 11.5 Å². The van der Waals surface area contributed by atoms with Gasteiger partial charge in [0.2, 0.25) is 0 Å². The van der Waals surface area contributed by atoms with Gasteiger partial charge in [-0.2, -0.15) is 0 Å². The van der Waals surface area contributed by atoms with Gasteiger partial charge in [-0.05, 0) is 6.42 Å². The van der Waals surface area contributed by atoms with Crippen molar-refractivity contribution in [2.75, 3.05) is 0 Å². The van der Waals surface area contributed by atoms with E-state index in [4.69, 9.17) is 16.6 Å². The van der Waals surface area contributed by atoms with E-state index in [0.29, 0.717) is 30.0 Å². The number of allylic oxidation sites excluding steroid dienone is 3.